The van der Waals surface area contributed by atoms with Gasteiger partial charge in [0, 0.05) is 17.2 Å². The zero-order chi connectivity index (χ0) is 11.4. The van der Waals surface area contributed by atoms with Crippen LogP contribution in [0.3, 0.4) is 0 Å². The molecule has 0 N–H and O–H groups in total. The van der Waals surface area contributed by atoms with Crippen molar-refractivity contribution in [2.24, 2.45) is 0 Å². The molecule has 2 nitrogen and oxygen atoms in total. The molecule has 0 saturated carbocycles. The molecule has 0 spiro atoms. The monoisotopic (exact) mass is 240 g/mol. The van der Waals surface area contributed by atoms with Gasteiger partial charge in [0.1, 0.15) is 13.5 Å². The van der Waals surface area contributed by atoms with Crippen LogP contribution in [0.15, 0.2) is 0 Å². The Balaban J connectivity index is 4.33. The maximum absolute atomic E-state index is 12.5. The second-order valence-electron chi connectivity index (χ2n) is 4.30. The van der Waals surface area contributed by atoms with Gasteiger partial charge in [0.25, 0.3) is 0 Å². The molecule has 1 unspecified atom stereocenters. The summed E-state index contributed by atoms with van der Waals surface area (Å²) in [5.74, 6) is 0.455. The summed E-state index contributed by atoms with van der Waals surface area (Å²) in [6.45, 7) is 9.88. The molecule has 0 aliphatic heterocycles. The van der Waals surface area contributed by atoms with Gasteiger partial charge in [-0.2, -0.15) is 0 Å². The third kappa shape index (κ3) is 3.92. The van der Waals surface area contributed by atoms with Gasteiger partial charge in [-0.3, -0.25) is 0 Å². The minimum Gasteiger partial charge on any atom is -0.370 e. The first-order valence-electron chi connectivity index (χ1n) is 5.10. The lowest BCUT2D eigenvalue weighted by Gasteiger charge is -2.26. The van der Waals surface area contributed by atoms with Crippen LogP contribution in [0.5, 0.6) is 0 Å². The first-order valence-corrected chi connectivity index (χ1v) is 7.67. The van der Waals surface area contributed by atoms with Gasteiger partial charge < -0.3 is 9.30 Å². The fraction of sp³-hybridized carbons (Fsp3) is 1.00. The van der Waals surface area contributed by atoms with E-state index >= 15 is 0 Å². The maximum atomic E-state index is 12.5. The summed E-state index contributed by atoms with van der Waals surface area (Å²) in [5, 5.41) is 0. The summed E-state index contributed by atoms with van der Waals surface area (Å²) in [6.07, 6.45) is 0.346. The van der Waals surface area contributed by atoms with Crippen molar-refractivity contribution in [3.05, 3.63) is 0 Å². The smallest absolute Gasteiger partial charge is 0.117 e. The molecule has 4 heteroatoms. The number of ether oxygens (including phenoxy) is 1. The molecule has 0 aliphatic rings. The zero-order valence-corrected chi connectivity index (χ0v) is 11.4. The van der Waals surface area contributed by atoms with Crippen LogP contribution in [0.2, 0.25) is 0 Å². The largest absolute Gasteiger partial charge is 0.370 e. The van der Waals surface area contributed by atoms with E-state index in [2.05, 4.69) is 0 Å². The summed E-state index contributed by atoms with van der Waals surface area (Å²) in [7, 11) is -2.21. The second-order valence-corrected chi connectivity index (χ2v) is 8.64. The summed E-state index contributed by atoms with van der Waals surface area (Å²) in [5.41, 5.74) is 0.370. The van der Waals surface area contributed by atoms with Crippen molar-refractivity contribution >= 4 is 18.7 Å². The van der Waals surface area contributed by atoms with Gasteiger partial charge in [0.15, 0.2) is 0 Å². The SMILES string of the molecule is CC(CCl)OCP(=O)(C(C)C)C(C)C. The van der Waals surface area contributed by atoms with Gasteiger partial charge in [0.05, 0.1) is 6.10 Å². The zero-order valence-electron chi connectivity index (χ0n) is 9.79. The van der Waals surface area contributed by atoms with Crippen molar-refractivity contribution in [3.63, 3.8) is 0 Å². The van der Waals surface area contributed by atoms with Crippen LogP contribution in [-0.2, 0) is 9.30 Å². The molecule has 86 valence electrons. The molecule has 0 aliphatic carbocycles. The van der Waals surface area contributed by atoms with Crippen LogP contribution >= 0.6 is 18.7 Å². The van der Waals surface area contributed by atoms with E-state index in [9.17, 15) is 4.57 Å². The van der Waals surface area contributed by atoms with E-state index in [1.165, 1.54) is 0 Å². The lowest BCUT2D eigenvalue weighted by Crippen LogP contribution is -2.18. The topological polar surface area (TPSA) is 26.3 Å². The van der Waals surface area contributed by atoms with Crippen molar-refractivity contribution < 1.29 is 9.30 Å². The number of hydrogen-bond donors (Lipinski definition) is 0. The standard InChI is InChI=1S/C10H22ClO2P/c1-8(2)14(12,9(3)4)7-13-10(5)6-11/h8-10H,6-7H2,1-5H3. The van der Waals surface area contributed by atoms with Gasteiger partial charge in [-0.1, -0.05) is 27.7 Å². The Labute approximate surface area is 92.7 Å². The van der Waals surface area contributed by atoms with E-state index in [4.69, 9.17) is 16.3 Å². The second kappa shape index (κ2) is 6.15. The average molecular weight is 241 g/mol. The summed E-state index contributed by atoms with van der Waals surface area (Å²) >= 11 is 5.63. The van der Waals surface area contributed by atoms with E-state index in [0.717, 1.165) is 0 Å². The van der Waals surface area contributed by atoms with E-state index in [-0.39, 0.29) is 17.4 Å². The average Bonchev–Trinajstić information content (AvgIpc) is 2.12. The maximum Gasteiger partial charge on any atom is 0.117 e. The number of hydrogen-bond acceptors (Lipinski definition) is 2. The minimum absolute atomic E-state index is 0.0116. The Morgan fingerprint density at radius 3 is 1.86 bits per heavy atom. The molecule has 1 atom stereocenters. The van der Waals surface area contributed by atoms with Gasteiger partial charge in [0.2, 0.25) is 0 Å². The van der Waals surface area contributed by atoms with Gasteiger partial charge in [-0.25, -0.2) is 0 Å². The van der Waals surface area contributed by atoms with E-state index in [0.29, 0.717) is 12.2 Å². The van der Waals surface area contributed by atoms with Crippen molar-refractivity contribution in [1.29, 1.82) is 0 Å². The Morgan fingerprint density at radius 1 is 1.14 bits per heavy atom. The molecule has 0 saturated heterocycles. The molecule has 0 fully saturated rings. The Bertz CT molecular complexity index is 192. The highest BCUT2D eigenvalue weighted by atomic mass is 35.5. The highest BCUT2D eigenvalue weighted by Crippen LogP contribution is 2.54. The predicted molar refractivity (Wildman–Crippen MR) is 64.0 cm³/mol. The fourth-order valence-electron chi connectivity index (χ4n) is 1.18. The van der Waals surface area contributed by atoms with Crippen LogP contribution in [-0.4, -0.2) is 29.6 Å². The number of rotatable bonds is 6. The first kappa shape index (κ1) is 14.5. The van der Waals surface area contributed by atoms with Crippen molar-refractivity contribution in [1.82, 2.24) is 0 Å². The molecule has 0 radical (unpaired) electrons. The molecule has 0 heterocycles. The molecule has 0 aromatic carbocycles. The summed E-state index contributed by atoms with van der Waals surface area (Å²) < 4.78 is 17.9. The summed E-state index contributed by atoms with van der Waals surface area (Å²) in [6, 6.07) is 0. The molecule has 0 rings (SSSR count). The molecular formula is C10H22ClO2P. The van der Waals surface area contributed by atoms with Gasteiger partial charge in [-0.15, -0.1) is 11.6 Å². The third-order valence-electron chi connectivity index (χ3n) is 2.53. The highest BCUT2D eigenvalue weighted by Gasteiger charge is 2.30. The van der Waals surface area contributed by atoms with Crippen molar-refractivity contribution in [3.8, 4) is 0 Å². The Hall–Kier alpha value is 0.480. The van der Waals surface area contributed by atoms with Gasteiger partial charge >= 0.3 is 0 Å². The fourth-order valence-corrected chi connectivity index (χ4v) is 3.55. The van der Waals surface area contributed by atoms with E-state index in [1.807, 2.05) is 34.6 Å². The van der Waals surface area contributed by atoms with E-state index in [1.54, 1.807) is 0 Å². The van der Waals surface area contributed by atoms with Crippen LogP contribution in [0.25, 0.3) is 0 Å². The summed E-state index contributed by atoms with van der Waals surface area (Å²) in [4.78, 5) is 0. The Kier molecular flexibility index (Phi) is 6.36. The molecule has 0 bridgehead atoms. The van der Waals surface area contributed by atoms with Crippen molar-refractivity contribution in [2.75, 3.05) is 12.2 Å². The van der Waals surface area contributed by atoms with Crippen LogP contribution in [0, 0.1) is 0 Å². The lowest BCUT2D eigenvalue weighted by molar-refractivity contribution is 0.116. The Morgan fingerprint density at radius 2 is 1.57 bits per heavy atom. The van der Waals surface area contributed by atoms with Crippen molar-refractivity contribution in [2.45, 2.75) is 52.0 Å². The number of alkyl halides is 1. The normalized spacial score (nSPS) is 15.1. The third-order valence-corrected chi connectivity index (χ3v) is 7.01. The van der Waals surface area contributed by atoms with Gasteiger partial charge in [-0.05, 0) is 6.92 Å². The highest BCUT2D eigenvalue weighted by molar-refractivity contribution is 7.65. The van der Waals surface area contributed by atoms with Crippen LogP contribution in [0.1, 0.15) is 34.6 Å². The van der Waals surface area contributed by atoms with Crippen LogP contribution < -0.4 is 0 Å². The quantitative estimate of drug-likeness (QED) is 0.522. The minimum atomic E-state index is -2.21. The molecule has 0 aromatic rings. The van der Waals surface area contributed by atoms with E-state index < -0.39 is 7.14 Å². The van der Waals surface area contributed by atoms with Crippen LogP contribution in [0.4, 0.5) is 0 Å². The molecule has 14 heavy (non-hydrogen) atoms. The molecule has 0 aromatic heterocycles. The predicted octanol–water partition coefficient (Wildman–Crippen LogP) is 3.77. The number of halogens is 1. The lowest BCUT2D eigenvalue weighted by atomic mass is 10.5. The first-order chi connectivity index (χ1) is 6.34. The molecular weight excluding hydrogens is 219 g/mol. The molecule has 0 amide bonds.